The molecule has 0 bridgehead atoms. The fourth-order valence-electron chi connectivity index (χ4n) is 5.75. The van der Waals surface area contributed by atoms with E-state index in [-0.39, 0.29) is 34.6 Å². The number of carboxylic acids is 1. The van der Waals surface area contributed by atoms with E-state index in [1.807, 2.05) is 22.6 Å². The first-order chi connectivity index (χ1) is 22.0. The van der Waals surface area contributed by atoms with Crippen molar-refractivity contribution in [2.45, 2.75) is 77.4 Å². The van der Waals surface area contributed by atoms with Crippen LogP contribution in [0.3, 0.4) is 0 Å². The maximum atomic E-state index is 13.8. The van der Waals surface area contributed by atoms with E-state index < -0.39 is 23.1 Å². The number of carbonyl (C=O) groups excluding carboxylic acids is 2. The minimum Gasteiger partial charge on any atom is -0.475 e. The van der Waals surface area contributed by atoms with Gasteiger partial charge >= 0.3 is 12.1 Å². The molecule has 1 fully saturated rings. The van der Waals surface area contributed by atoms with Crippen LogP contribution < -0.4 is 4.90 Å². The fourth-order valence-corrected chi connectivity index (χ4v) is 5.75. The van der Waals surface area contributed by atoms with E-state index in [1.54, 1.807) is 23.5 Å². The Morgan fingerprint density at radius 2 is 1.74 bits per heavy atom. The average molecular weight is 659 g/mol. The molecule has 15 heteroatoms. The number of carbonyl (C=O) groups is 3. The maximum Gasteiger partial charge on any atom is 0.490 e. The molecule has 0 radical (unpaired) electrons. The third-order valence-electron chi connectivity index (χ3n) is 8.16. The number of halogens is 3. The summed E-state index contributed by atoms with van der Waals surface area (Å²) in [5, 5.41) is 18.6. The number of imidazole rings is 1. The number of aryl methyl sites for hydroxylation is 1. The van der Waals surface area contributed by atoms with Gasteiger partial charge in [0.25, 0.3) is 11.6 Å². The van der Waals surface area contributed by atoms with Gasteiger partial charge in [-0.2, -0.15) is 13.2 Å². The molecule has 0 saturated carbocycles. The van der Waals surface area contributed by atoms with Crippen molar-refractivity contribution < 1.29 is 37.6 Å². The van der Waals surface area contributed by atoms with Crippen molar-refractivity contribution in [1.82, 2.24) is 19.4 Å². The average Bonchev–Trinajstić information content (AvgIpc) is 3.52. The Kier molecular flexibility index (Phi) is 10.3. The fraction of sp³-hybridized carbons (Fsp3) is 0.438. The van der Waals surface area contributed by atoms with Gasteiger partial charge in [-0.25, -0.2) is 9.78 Å². The van der Waals surface area contributed by atoms with Crippen molar-refractivity contribution in [1.29, 1.82) is 0 Å². The molecule has 47 heavy (non-hydrogen) atoms. The first-order valence-electron chi connectivity index (χ1n) is 15.0. The lowest BCUT2D eigenvalue weighted by molar-refractivity contribution is -0.384. The number of carboxylic acid groups (broad SMARTS) is 1. The number of rotatable bonds is 8. The van der Waals surface area contributed by atoms with Crippen LogP contribution >= 0.6 is 0 Å². The second-order valence-corrected chi connectivity index (χ2v) is 12.4. The Balaban J connectivity index is 0.000000644. The Bertz CT molecular complexity index is 1600. The Morgan fingerprint density at radius 3 is 2.28 bits per heavy atom. The summed E-state index contributed by atoms with van der Waals surface area (Å²) in [4.78, 5) is 57.3. The molecule has 0 aliphatic carbocycles. The molecule has 3 heterocycles. The van der Waals surface area contributed by atoms with Crippen LogP contribution in [0.15, 0.2) is 61.2 Å². The van der Waals surface area contributed by atoms with Gasteiger partial charge in [-0.3, -0.25) is 19.7 Å². The van der Waals surface area contributed by atoms with Gasteiger partial charge in [0.05, 0.1) is 29.0 Å². The molecule has 3 aromatic rings. The van der Waals surface area contributed by atoms with Crippen molar-refractivity contribution in [2.75, 3.05) is 18.0 Å². The molecule has 2 atom stereocenters. The second kappa shape index (κ2) is 13.8. The van der Waals surface area contributed by atoms with Crippen molar-refractivity contribution in [3.63, 3.8) is 0 Å². The molecule has 1 N–H and O–H groups in total. The van der Waals surface area contributed by atoms with E-state index in [1.165, 1.54) is 17.7 Å². The highest BCUT2D eigenvalue weighted by Crippen LogP contribution is 2.38. The number of alkyl halides is 3. The number of anilines is 1. The van der Waals surface area contributed by atoms with Gasteiger partial charge in [0, 0.05) is 44.2 Å². The molecule has 2 aromatic carbocycles. The number of non-ortho nitro benzene ring substituents is 1. The summed E-state index contributed by atoms with van der Waals surface area (Å²) in [6.07, 6.45) is 1.17. The van der Waals surface area contributed by atoms with Gasteiger partial charge in [0.2, 0.25) is 5.91 Å². The number of aliphatic carboxylic acids is 1. The molecule has 1 saturated heterocycles. The summed E-state index contributed by atoms with van der Waals surface area (Å²) in [5.41, 5.74) is 3.10. The topological polar surface area (TPSA) is 142 Å². The van der Waals surface area contributed by atoms with E-state index in [0.717, 1.165) is 18.5 Å². The van der Waals surface area contributed by atoms with Gasteiger partial charge in [-0.05, 0) is 35.4 Å². The Hall–Kier alpha value is -4.95. The number of hydrogen-bond donors (Lipinski definition) is 1. The lowest BCUT2D eigenvalue weighted by Gasteiger charge is -2.53. The highest BCUT2D eigenvalue weighted by molar-refractivity contribution is 6.05. The Morgan fingerprint density at radius 1 is 1.09 bits per heavy atom. The molecule has 252 valence electrons. The molecule has 2 aliphatic rings. The largest absolute Gasteiger partial charge is 0.490 e. The normalized spacial score (nSPS) is 17.9. The molecule has 0 spiro atoms. The van der Waals surface area contributed by atoms with Gasteiger partial charge in [-0.15, -0.1) is 0 Å². The molecule has 5 rings (SSSR count). The lowest BCUT2D eigenvalue weighted by Crippen LogP contribution is -2.69. The summed E-state index contributed by atoms with van der Waals surface area (Å²) in [6, 6.07) is 12.2. The number of benzene rings is 2. The molecule has 12 nitrogen and oxygen atoms in total. The van der Waals surface area contributed by atoms with E-state index >= 15 is 0 Å². The van der Waals surface area contributed by atoms with E-state index in [4.69, 9.17) is 9.90 Å². The number of nitro groups is 1. The number of hydrogen-bond acceptors (Lipinski definition) is 7. The smallest absolute Gasteiger partial charge is 0.475 e. The number of nitrogens with zero attached hydrogens (tertiary/aromatic N) is 6. The SMILES string of the molecule is CC[C@H]1C(=O)N(Cc2ccc(C(C)(C)C)cc2)CC2N(CCCn3ccnc3)c3ccc([N+](=O)[O-])cc3C(=O)N21.O=C(O)C(F)(F)F. The van der Waals surface area contributed by atoms with Gasteiger partial charge in [0.1, 0.15) is 12.2 Å². The predicted molar refractivity (Wildman–Crippen MR) is 166 cm³/mol. The molecule has 2 aliphatic heterocycles. The second-order valence-electron chi connectivity index (χ2n) is 12.4. The summed E-state index contributed by atoms with van der Waals surface area (Å²) in [5.74, 6) is -3.18. The standard InChI is InChI=1S/C30H36N6O4.C2HF3O2/c1-5-25-29(38)33(18-21-7-9-22(10-8-21)30(2,3)4)19-27-34(15-6-14-32-16-13-31-20-32)26-12-11-23(36(39)40)17-24(26)28(37)35(25)27;3-2(4,5)1(6)7/h7-13,16-17,20,25,27H,5-6,14-15,18-19H2,1-4H3;(H,6,7)/t25-,27?;/m0./s1. The van der Waals surface area contributed by atoms with Crippen LogP contribution in [0.4, 0.5) is 24.5 Å². The molecular formula is C32H37F3N6O6. The van der Waals surface area contributed by atoms with Crippen LogP contribution in [0.5, 0.6) is 0 Å². The van der Waals surface area contributed by atoms with Crippen molar-refractivity contribution in [3.05, 3.63) is 88.0 Å². The van der Waals surface area contributed by atoms with Crippen LogP contribution in [-0.2, 0) is 28.1 Å². The number of amides is 2. The quantitative estimate of drug-likeness (QED) is 0.257. The zero-order valence-electron chi connectivity index (χ0n) is 26.5. The third kappa shape index (κ3) is 7.89. The van der Waals surface area contributed by atoms with Gasteiger partial charge < -0.3 is 24.4 Å². The van der Waals surface area contributed by atoms with Crippen LogP contribution in [0.1, 0.15) is 62.0 Å². The summed E-state index contributed by atoms with van der Waals surface area (Å²) in [6.45, 7) is 10.6. The first kappa shape index (κ1) is 34.9. The van der Waals surface area contributed by atoms with E-state index in [9.17, 15) is 32.9 Å². The van der Waals surface area contributed by atoms with Crippen molar-refractivity contribution in [2.24, 2.45) is 0 Å². The Labute approximate surface area is 269 Å². The summed E-state index contributed by atoms with van der Waals surface area (Å²) in [7, 11) is 0. The zero-order valence-corrected chi connectivity index (χ0v) is 26.5. The number of fused-ring (bicyclic) bond motifs is 2. The van der Waals surface area contributed by atoms with Crippen LogP contribution in [0.2, 0.25) is 0 Å². The van der Waals surface area contributed by atoms with Crippen LogP contribution in [-0.4, -0.2) is 78.6 Å². The molecule has 2 amide bonds. The molecular weight excluding hydrogens is 621 g/mol. The van der Waals surface area contributed by atoms with Gasteiger partial charge in [0.15, 0.2) is 0 Å². The highest BCUT2D eigenvalue weighted by atomic mass is 19.4. The number of piperazine rings is 1. The monoisotopic (exact) mass is 658 g/mol. The minimum absolute atomic E-state index is 0.0371. The molecule has 1 aromatic heterocycles. The zero-order chi connectivity index (χ0) is 34.7. The third-order valence-corrected chi connectivity index (χ3v) is 8.16. The van der Waals surface area contributed by atoms with E-state index in [2.05, 4.69) is 54.9 Å². The minimum atomic E-state index is -5.08. The summed E-state index contributed by atoms with van der Waals surface area (Å²) < 4.78 is 33.7. The number of nitro benzene ring substituents is 1. The highest BCUT2D eigenvalue weighted by Gasteiger charge is 2.48. The van der Waals surface area contributed by atoms with Crippen molar-refractivity contribution >= 4 is 29.2 Å². The lowest BCUT2D eigenvalue weighted by atomic mass is 9.86. The predicted octanol–water partition coefficient (Wildman–Crippen LogP) is 5.22. The van der Waals surface area contributed by atoms with Crippen LogP contribution in [0.25, 0.3) is 0 Å². The maximum absolute atomic E-state index is 13.8. The van der Waals surface area contributed by atoms with Gasteiger partial charge in [-0.1, -0.05) is 52.0 Å². The molecule has 1 unspecified atom stereocenters. The van der Waals surface area contributed by atoms with E-state index in [0.29, 0.717) is 31.7 Å². The number of aromatic nitrogens is 2. The van der Waals surface area contributed by atoms with Crippen molar-refractivity contribution in [3.8, 4) is 0 Å². The first-order valence-corrected chi connectivity index (χ1v) is 15.0. The summed E-state index contributed by atoms with van der Waals surface area (Å²) >= 11 is 0. The van der Waals surface area contributed by atoms with Crippen LogP contribution in [0, 0.1) is 10.1 Å².